The number of aliphatic hydroxyl groups excluding tert-OH is 2. The summed E-state index contributed by atoms with van der Waals surface area (Å²) >= 11 is 0. The normalized spacial score (nSPS) is 25.8. The van der Waals surface area contributed by atoms with Crippen LogP contribution < -0.4 is 11.1 Å². The number of imidazole rings is 1. The molecule has 1 fully saturated rings. The average Bonchev–Trinajstić information content (AvgIpc) is 3.07. The van der Waals surface area contributed by atoms with Crippen LogP contribution in [0.25, 0.3) is 11.2 Å². The molecule has 15 heteroatoms. The van der Waals surface area contributed by atoms with Crippen LogP contribution in [0.1, 0.15) is 13.2 Å². The van der Waals surface area contributed by atoms with E-state index in [1.807, 2.05) is 0 Å². The number of anilines is 2. The zero-order chi connectivity index (χ0) is 19.9. The van der Waals surface area contributed by atoms with Crippen molar-refractivity contribution in [3.8, 4) is 0 Å². The summed E-state index contributed by atoms with van der Waals surface area (Å²) in [5, 5.41) is 22.7. The number of phosphoric acid groups is 1. The van der Waals surface area contributed by atoms with Crippen molar-refractivity contribution >= 4 is 36.7 Å². The molecule has 0 radical (unpaired) electrons. The quantitative estimate of drug-likeness (QED) is 0.301. The summed E-state index contributed by atoms with van der Waals surface area (Å²) in [6.45, 7) is 0.604. The number of carbonyl (C=O) groups excluding carboxylic acids is 1. The number of hydrogen-bond donors (Lipinski definition) is 6. The molecule has 1 aliphatic heterocycles. The lowest BCUT2D eigenvalue weighted by atomic mass is 10.1. The maximum absolute atomic E-state index is 11.2. The van der Waals surface area contributed by atoms with E-state index in [1.165, 1.54) is 17.8 Å². The van der Waals surface area contributed by atoms with Gasteiger partial charge in [0.2, 0.25) is 11.9 Å². The second kappa shape index (κ2) is 7.09. The second-order valence-corrected chi connectivity index (χ2v) is 7.01. The fourth-order valence-electron chi connectivity index (χ4n) is 2.61. The first-order valence-corrected chi connectivity index (χ1v) is 9.09. The smallest absolute Gasteiger partial charge is 0.387 e. The minimum absolute atomic E-state index is 0.0306. The molecule has 0 saturated carbocycles. The lowest BCUT2D eigenvalue weighted by Gasteiger charge is -2.17. The van der Waals surface area contributed by atoms with E-state index in [-0.39, 0.29) is 22.9 Å². The Labute approximate surface area is 151 Å². The molecule has 27 heavy (non-hydrogen) atoms. The maximum atomic E-state index is 11.2. The highest BCUT2D eigenvalue weighted by Crippen LogP contribution is 2.39. The molecule has 3 rings (SSSR count). The largest absolute Gasteiger partial charge is 0.469 e. The van der Waals surface area contributed by atoms with Gasteiger partial charge in [0.15, 0.2) is 17.7 Å². The van der Waals surface area contributed by atoms with Gasteiger partial charge in [-0.05, 0) is 0 Å². The Morgan fingerprint density at radius 3 is 2.74 bits per heavy atom. The van der Waals surface area contributed by atoms with Crippen LogP contribution in [0.2, 0.25) is 0 Å². The van der Waals surface area contributed by atoms with Gasteiger partial charge in [0.25, 0.3) is 0 Å². The van der Waals surface area contributed by atoms with Crippen molar-refractivity contribution in [2.75, 3.05) is 17.7 Å². The van der Waals surface area contributed by atoms with Gasteiger partial charge in [-0.1, -0.05) is 0 Å². The first-order chi connectivity index (χ1) is 12.6. The van der Waals surface area contributed by atoms with Gasteiger partial charge < -0.3 is 30.5 Å². The van der Waals surface area contributed by atoms with Crippen molar-refractivity contribution in [3.63, 3.8) is 0 Å². The van der Waals surface area contributed by atoms with E-state index in [2.05, 4.69) is 24.8 Å². The molecule has 2 aromatic heterocycles. The minimum atomic E-state index is -4.78. The first-order valence-electron chi connectivity index (χ1n) is 7.56. The highest BCUT2D eigenvalue weighted by atomic mass is 31.2. The average molecular weight is 404 g/mol. The summed E-state index contributed by atoms with van der Waals surface area (Å²) < 4.78 is 21.9. The Balaban J connectivity index is 1.91. The van der Waals surface area contributed by atoms with Gasteiger partial charge in [-0.3, -0.25) is 19.2 Å². The van der Waals surface area contributed by atoms with Crippen LogP contribution in [-0.2, 0) is 18.6 Å². The molecule has 1 aliphatic rings. The van der Waals surface area contributed by atoms with Crippen LogP contribution >= 0.6 is 7.82 Å². The van der Waals surface area contributed by atoms with Crippen molar-refractivity contribution in [2.45, 2.75) is 31.5 Å². The third-order valence-electron chi connectivity index (χ3n) is 3.75. The number of amides is 1. The van der Waals surface area contributed by atoms with E-state index >= 15 is 0 Å². The maximum Gasteiger partial charge on any atom is 0.469 e. The molecule has 1 amide bonds. The number of aliphatic hydroxyl groups is 2. The molecular formula is C12H17N6O8P. The molecule has 1 saturated heterocycles. The van der Waals surface area contributed by atoms with Crippen molar-refractivity contribution in [1.29, 1.82) is 0 Å². The molecule has 2 aromatic rings. The molecule has 0 bridgehead atoms. The summed E-state index contributed by atoms with van der Waals surface area (Å²) in [7, 11) is -4.78. The number of carbonyl (C=O) groups is 1. The number of nitrogens with two attached hydrogens (primary N) is 1. The van der Waals surface area contributed by atoms with Crippen LogP contribution in [0.5, 0.6) is 0 Å². The van der Waals surface area contributed by atoms with Gasteiger partial charge in [-0.2, -0.15) is 9.97 Å². The van der Waals surface area contributed by atoms with Gasteiger partial charge in [0.1, 0.15) is 23.8 Å². The highest BCUT2D eigenvalue weighted by molar-refractivity contribution is 7.46. The number of nitrogens with one attached hydrogen (secondary N) is 1. The Morgan fingerprint density at radius 2 is 2.11 bits per heavy atom. The number of nitrogen functional groups attached to an aromatic ring is 1. The lowest BCUT2D eigenvalue weighted by molar-refractivity contribution is -0.114. The molecular weight excluding hydrogens is 387 g/mol. The zero-order valence-corrected chi connectivity index (χ0v) is 14.7. The second-order valence-electron chi connectivity index (χ2n) is 5.77. The SMILES string of the molecule is CC(=O)Nc1nc(N)c2ncn([C@@H]3O[C@H](COP(=O)(O)O)C(O)C3O)c2n1. The molecule has 0 aromatic carbocycles. The number of rotatable bonds is 5. The van der Waals surface area contributed by atoms with Crippen molar-refractivity contribution in [3.05, 3.63) is 6.33 Å². The molecule has 3 heterocycles. The minimum Gasteiger partial charge on any atom is -0.387 e. The first kappa shape index (κ1) is 19.6. The number of ether oxygens (including phenoxy) is 1. The van der Waals surface area contributed by atoms with Crippen molar-refractivity contribution in [1.82, 2.24) is 19.5 Å². The van der Waals surface area contributed by atoms with Crippen LogP contribution in [0, 0.1) is 0 Å². The van der Waals surface area contributed by atoms with E-state index in [4.69, 9.17) is 20.3 Å². The topological polar surface area (TPSA) is 215 Å². The van der Waals surface area contributed by atoms with E-state index in [1.54, 1.807) is 0 Å². The predicted molar refractivity (Wildman–Crippen MR) is 88.0 cm³/mol. The summed E-state index contributed by atoms with van der Waals surface area (Å²) in [6, 6.07) is 0. The summed E-state index contributed by atoms with van der Waals surface area (Å²) in [6.07, 6.45) is -4.15. The molecule has 148 valence electrons. The summed E-state index contributed by atoms with van der Waals surface area (Å²) in [4.78, 5) is 40.7. The number of fused-ring (bicyclic) bond motifs is 1. The third kappa shape index (κ3) is 4.06. The Bertz CT molecular complexity index is 915. The van der Waals surface area contributed by atoms with Crippen LogP contribution in [0.15, 0.2) is 6.33 Å². The van der Waals surface area contributed by atoms with E-state index in [9.17, 15) is 19.6 Å². The lowest BCUT2D eigenvalue weighted by Crippen LogP contribution is -2.33. The molecule has 7 N–H and O–H groups in total. The Hall–Kier alpha value is -2.19. The fraction of sp³-hybridized carbons (Fsp3) is 0.500. The van der Waals surface area contributed by atoms with Crippen LogP contribution in [0.3, 0.4) is 0 Å². The fourth-order valence-corrected chi connectivity index (χ4v) is 2.95. The third-order valence-corrected chi connectivity index (χ3v) is 4.24. The van der Waals surface area contributed by atoms with Crippen molar-refractivity contribution < 1.29 is 38.6 Å². The van der Waals surface area contributed by atoms with Crippen molar-refractivity contribution in [2.24, 2.45) is 0 Å². The highest BCUT2D eigenvalue weighted by Gasteiger charge is 2.45. The van der Waals surface area contributed by atoms with Gasteiger partial charge in [0, 0.05) is 6.92 Å². The summed E-state index contributed by atoms with van der Waals surface area (Å²) in [5.41, 5.74) is 6.07. The van der Waals surface area contributed by atoms with Crippen LogP contribution in [0.4, 0.5) is 11.8 Å². The summed E-state index contributed by atoms with van der Waals surface area (Å²) in [5.74, 6) is -0.553. The van der Waals surface area contributed by atoms with E-state index in [0.717, 1.165) is 0 Å². The Morgan fingerprint density at radius 1 is 1.41 bits per heavy atom. The number of aromatic nitrogens is 4. The zero-order valence-electron chi connectivity index (χ0n) is 13.8. The molecule has 14 nitrogen and oxygen atoms in total. The molecule has 0 spiro atoms. The standard InChI is InChI=1S/C12H17N6O8P/c1-4(19)15-12-16-9(13)6-10(17-12)18(3-14-6)11-8(21)7(20)5(26-11)2-25-27(22,23)24/h3,5,7-8,11,20-21H,2H2,1H3,(H2,22,23,24)(H3,13,15,16,17,19)/t5-,7?,8?,11-/m1/s1. The Kier molecular flexibility index (Phi) is 5.14. The predicted octanol–water partition coefficient (Wildman–Crippen LogP) is -1.90. The number of nitrogens with zero attached hydrogens (tertiary/aromatic N) is 4. The van der Waals surface area contributed by atoms with Gasteiger partial charge in [0.05, 0.1) is 12.9 Å². The van der Waals surface area contributed by atoms with Crippen LogP contribution in [-0.4, -0.2) is 70.3 Å². The van der Waals surface area contributed by atoms with E-state index in [0.29, 0.717) is 0 Å². The molecule has 2 unspecified atom stereocenters. The van der Waals surface area contributed by atoms with Gasteiger partial charge in [-0.25, -0.2) is 9.55 Å². The molecule has 0 aliphatic carbocycles. The monoisotopic (exact) mass is 404 g/mol. The van der Waals surface area contributed by atoms with E-state index < -0.39 is 44.9 Å². The van der Waals surface area contributed by atoms with Gasteiger partial charge in [-0.15, -0.1) is 0 Å². The van der Waals surface area contributed by atoms with Gasteiger partial charge >= 0.3 is 7.82 Å². The molecule has 4 atom stereocenters. The number of phosphoric ester groups is 1. The number of hydrogen-bond acceptors (Lipinski definition) is 10.